The second kappa shape index (κ2) is 13.1. The number of hydrogen-bond acceptors (Lipinski definition) is 4. The van der Waals surface area contributed by atoms with E-state index in [1.807, 2.05) is 30.7 Å². The molecular weight excluding hydrogens is 543 g/mol. The summed E-state index contributed by atoms with van der Waals surface area (Å²) < 4.78 is 13.9. The van der Waals surface area contributed by atoms with Gasteiger partial charge in [0.1, 0.15) is 5.82 Å². The van der Waals surface area contributed by atoms with Crippen molar-refractivity contribution in [3.05, 3.63) is 137 Å². The maximum absolute atomic E-state index is 13.9. The minimum atomic E-state index is -0.209. The number of anilines is 1. The number of halogens is 1. The average molecular weight is 585 g/mol. The third-order valence-corrected chi connectivity index (χ3v) is 9.11. The zero-order chi connectivity index (χ0) is 30.6. The van der Waals surface area contributed by atoms with Crippen molar-refractivity contribution in [1.29, 1.82) is 0 Å². The average Bonchev–Trinajstić information content (AvgIpc) is 3.03. The van der Waals surface area contributed by atoms with Gasteiger partial charge in [-0.05, 0) is 122 Å². The number of likely N-dealkylation sites (tertiary alicyclic amines) is 1. The third-order valence-electron chi connectivity index (χ3n) is 9.11. The molecule has 0 atom stereocenters. The molecule has 1 aliphatic rings. The highest BCUT2D eigenvalue weighted by atomic mass is 19.1. The monoisotopic (exact) mass is 584 g/mol. The highest BCUT2D eigenvalue weighted by molar-refractivity contribution is 5.66. The number of piperidine rings is 1. The van der Waals surface area contributed by atoms with Crippen molar-refractivity contribution in [2.75, 3.05) is 18.0 Å². The van der Waals surface area contributed by atoms with Crippen molar-refractivity contribution in [2.45, 2.75) is 59.7 Å². The summed E-state index contributed by atoms with van der Waals surface area (Å²) in [5.74, 6) is -0.209. The van der Waals surface area contributed by atoms with Gasteiger partial charge in [-0.15, -0.1) is 0 Å². The third kappa shape index (κ3) is 6.89. The Labute approximate surface area is 261 Å². The van der Waals surface area contributed by atoms with Gasteiger partial charge in [-0.1, -0.05) is 35.9 Å². The molecule has 3 aromatic carbocycles. The molecule has 4 nitrogen and oxygen atoms in total. The van der Waals surface area contributed by atoms with Crippen LogP contribution in [0, 0.1) is 33.5 Å². The summed E-state index contributed by atoms with van der Waals surface area (Å²) in [6.45, 7) is 12.3. The quantitative estimate of drug-likeness (QED) is 0.182. The fourth-order valence-corrected chi connectivity index (χ4v) is 6.38. The summed E-state index contributed by atoms with van der Waals surface area (Å²) in [6, 6.07) is 27.0. The van der Waals surface area contributed by atoms with Gasteiger partial charge >= 0.3 is 0 Å². The zero-order valence-electron chi connectivity index (χ0n) is 26.2. The van der Waals surface area contributed by atoms with Gasteiger partial charge in [0.15, 0.2) is 0 Å². The van der Waals surface area contributed by atoms with Crippen molar-refractivity contribution in [2.24, 2.45) is 0 Å². The van der Waals surface area contributed by atoms with E-state index in [2.05, 4.69) is 102 Å². The summed E-state index contributed by atoms with van der Waals surface area (Å²) in [7, 11) is 0. The van der Waals surface area contributed by atoms with Crippen molar-refractivity contribution < 1.29 is 4.39 Å². The number of pyridine rings is 2. The molecule has 0 bridgehead atoms. The summed E-state index contributed by atoms with van der Waals surface area (Å²) in [5.41, 5.74) is 13.2. The van der Waals surface area contributed by atoms with Gasteiger partial charge in [0.25, 0.3) is 0 Å². The van der Waals surface area contributed by atoms with Crippen LogP contribution in [0.2, 0.25) is 0 Å². The molecule has 0 saturated carbocycles. The van der Waals surface area contributed by atoms with Crippen LogP contribution in [0.15, 0.2) is 97.5 Å². The Morgan fingerprint density at radius 2 is 1.52 bits per heavy atom. The Hall–Kier alpha value is -4.35. The highest BCUT2D eigenvalue weighted by Crippen LogP contribution is 2.30. The van der Waals surface area contributed by atoms with E-state index in [9.17, 15) is 4.39 Å². The Morgan fingerprint density at radius 3 is 2.25 bits per heavy atom. The first-order valence-corrected chi connectivity index (χ1v) is 15.6. The number of nitrogens with zero attached hydrogens (tertiary/aromatic N) is 4. The van der Waals surface area contributed by atoms with Crippen molar-refractivity contribution in [3.8, 4) is 22.4 Å². The van der Waals surface area contributed by atoms with E-state index in [1.54, 1.807) is 12.1 Å². The van der Waals surface area contributed by atoms with Crippen LogP contribution in [0.1, 0.15) is 46.2 Å². The van der Waals surface area contributed by atoms with E-state index in [-0.39, 0.29) is 5.82 Å². The lowest BCUT2D eigenvalue weighted by atomic mass is 9.96. The normalized spacial score (nSPS) is 14.1. The lowest BCUT2D eigenvalue weighted by Gasteiger charge is -2.40. The molecule has 6 rings (SSSR count). The molecule has 1 aliphatic heterocycles. The first-order valence-electron chi connectivity index (χ1n) is 15.6. The Morgan fingerprint density at radius 1 is 0.773 bits per heavy atom. The Bertz CT molecular complexity index is 1720. The first kappa shape index (κ1) is 29.7. The Balaban J connectivity index is 1.18. The van der Waals surface area contributed by atoms with Crippen LogP contribution in [0.4, 0.5) is 10.1 Å². The molecule has 3 heterocycles. The molecule has 0 amide bonds. The highest BCUT2D eigenvalue weighted by Gasteiger charge is 2.26. The van der Waals surface area contributed by atoms with Crippen LogP contribution in [0.25, 0.3) is 22.4 Å². The molecule has 2 aromatic heterocycles. The topological polar surface area (TPSA) is 32.3 Å². The van der Waals surface area contributed by atoms with E-state index in [4.69, 9.17) is 0 Å². The van der Waals surface area contributed by atoms with Crippen LogP contribution in [0.3, 0.4) is 0 Å². The maximum atomic E-state index is 13.9. The largest absolute Gasteiger partial charge is 0.364 e. The van der Waals surface area contributed by atoms with Crippen LogP contribution in [-0.4, -0.2) is 34.0 Å². The summed E-state index contributed by atoms with van der Waals surface area (Å²) in [4.78, 5) is 14.3. The number of aromatic nitrogens is 2. The summed E-state index contributed by atoms with van der Waals surface area (Å²) in [6.07, 6.45) is 7.93. The molecule has 0 aliphatic carbocycles. The van der Waals surface area contributed by atoms with Gasteiger partial charge in [0, 0.05) is 67.6 Å². The molecule has 1 fully saturated rings. The molecule has 0 N–H and O–H groups in total. The molecule has 0 spiro atoms. The molecule has 44 heavy (non-hydrogen) atoms. The van der Waals surface area contributed by atoms with E-state index >= 15 is 0 Å². The smallest absolute Gasteiger partial charge is 0.123 e. The minimum absolute atomic E-state index is 0.209. The second-order valence-corrected chi connectivity index (χ2v) is 12.3. The number of aryl methyl sites for hydroxylation is 3. The second-order valence-electron chi connectivity index (χ2n) is 12.3. The molecule has 0 radical (unpaired) electrons. The zero-order valence-corrected chi connectivity index (χ0v) is 26.2. The van der Waals surface area contributed by atoms with Gasteiger partial charge in [0.2, 0.25) is 0 Å². The van der Waals surface area contributed by atoms with Crippen LogP contribution >= 0.6 is 0 Å². The van der Waals surface area contributed by atoms with Crippen LogP contribution in [0.5, 0.6) is 0 Å². The number of hydrogen-bond donors (Lipinski definition) is 0. The fraction of sp³-hybridized carbons (Fsp3) is 0.282. The van der Waals surface area contributed by atoms with Crippen molar-refractivity contribution in [1.82, 2.24) is 14.9 Å². The van der Waals surface area contributed by atoms with Gasteiger partial charge in [-0.2, -0.15) is 0 Å². The summed E-state index contributed by atoms with van der Waals surface area (Å²) >= 11 is 0. The molecule has 5 aromatic rings. The predicted octanol–water partition coefficient (Wildman–Crippen LogP) is 8.85. The maximum Gasteiger partial charge on any atom is 0.123 e. The van der Waals surface area contributed by atoms with Crippen LogP contribution < -0.4 is 4.90 Å². The first-order chi connectivity index (χ1) is 21.3. The molecule has 0 unspecified atom stereocenters. The number of rotatable bonds is 8. The Kier molecular flexibility index (Phi) is 8.85. The van der Waals surface area contributed by atoms with E-state index in [0.717, 1.165) is 67.1 Å². The van der Waals surface area contributed by atoms with E-state index in [0.29, 0.717) is 6.04 Å². The lowest BCUT2D eigenvalue weighted by Crippen LogP contribution is -2.44. The van der Waals surface area contributed by atoms with Gasteiger partial charge in [-0.25, -0.2) is 4.39 Å². The lowest BCUT2D eigenvalue weighted by molar-refractivity contribution is 0.201. The standard InChI is InChI=1S/C39H41FN4/c1-27-6-5-7-33(18-27)39-22-31(12-15-42-39)25-43-16-13-38(14-17-43)44(37-10-8-36(40)9-11-37)26-32-21-35(24-41-23-32)34-19-28(2)30(4)29(3)20-34/h5-12,15,18-24,38H,13-14,16-17,25-26H2,1-4H3. The van der Waals surface area contributed by atoms with Crippen LogP contribution in [-0.2, 0) is 13.1 Å². The van der Waals surface area contributed by atoms with Crippen molar-refractivity contribution in [3.63, 3.8) is 0 Å². The molecule has 224 valence electrons. The minimum Gasteiger partial charge on any atom is -0.364 e. The van der Waals surface area contributed by atoms with Gasteiger partial charge < -0.3 is 4.90 Å². The SMILES string of the molecule is Cc1cccc(-c2cc(CN3CCC(N(Cc4cncc(-c5cc(C)c(C)c(C)c5)c4)c4ccc(F)cc4)CC3)ccn2)c1. The summed E-state index contributed by atoms with van der Waals surface area (Å²) in [5, 5.41) is 0. The number of benzene rings is 3. The van der Waals surface area contributed by atoms with Gasteiger partial charge in [0.05, 0.1) is 5.69 Å². The predicted molar refractivity (Wildman–Crippen MR) is 179 cm³/mol. The molecular formula is C39H41FN4. The van der Waals surface area contributed by atoms with E-state index in [1.165, 1.54) is 33.4 Å². The fourth-order valence-electron chi connectivity index (χ4n) is 6.38. The van der Waals surface area contributed by atoms with Crippen molar-refractivity contribution >= 4 is 5.69 Å². The molecule has 1 saturated heterocycles. The van der Waals surface area contributed by atoms with Gasteiger partial charge in [-0.3, -0.25) is 14.9 Å². The van der Waals surface area contributed by atoms with E-state index < -0.39 is 0 Å². The molecule has 5 heteroatoms.